The highest BCUT2D eigenvalue weighted by atomic mass is 16.4. The molecule has 0 aliphatic carbocycles. The lowest BCUT2D eigenvalue weighted by Crippen LogP contribution is -1.99. The first-order valence-electron chi connectivity index (χ1n) is 3.87. The van der Waals surface area contributed by atoms with Crippen LogP contribution in [0.15, 0.2) is 35.1 Å². The highest BCUT2D eigenvalue weighted by Gasteiger charge is 2.08. The average Bonchev–Trinajstić information content (AvgIpc) is 2.71. The quantitative estimate of drug-likeness (QED) is 0.775. The van der Waals surface area contributed by atoms with Gasteiger partial charge in [0.2, 0.25) is 0 Å². The summed E-state index contributed by atoms with van der Waals surface area (Å²) in [5, 5.41) is 16.0. The predicted molar refractivity (Wildman–Crippen MR) is 46.7 cm³/mol. The third-order valence-electron chi connectivity index (χ3n) is 1.68. The van der Waals surface area contributed by atoms with Crippen LogP contribution in [0.2, 0.25) is 0 Å². The second-order valence-electron chi connectivity index (χ2n) is 2.61. The summed E-state index contributed by atoms with van der Waals surface area (Å²) >= 11 is 0. The van der Waals surface area contributed by atoms with E-state index >= 15 is 0 Å². The summed E-state index contributed by atoms with van der Waals surface area (Å²) in [5.41, 5.74) is 0.501. The van der Waals surface area contributed by atoms with Crippen molar-refractivity contribution in [3.8, 4) is 11.5 Å². The van der Waals surface area contributed by atoms with E-state index in [4.69, 9.17) is 9.52 Å². The standard InChI is InChI=1S/C9H6N2O3/c12-9(13)6-4-7(11-10-5-6)8-2-1-3-14-8/h1-5H,(H,12,13). The first-order chi connectivity index (χ1) is 6.77. The maximum absolute atomic E-state index is 10.6. The lowest BCUT2D eigenvalue weighted by atomic mass is 10.2. The zero-order chi connectivity index (χ0) is 9.97. The molecular weight excluding hydrogens is 184 g/mol. The molecule has 0 radical (unpaired) electrons. The van der Waals surface area contributed by atoms with Gasteiger partial charge in [-0.1, -0.05) is 0 Å². The van der Waals surface area contributed by atoms with Gasteiger partial charge in [-0.05, 0) is 18.2 Å². The van der Waals surface area contributed by atoms with Crippen LogP contribution in [0.1, 0.15) is 10.4 Å². The summed E-state index contributed by atoms with van der Waals surface area (Å²) < 4.78 is 5.06. The molecule has 0 atom stereocenters. The second-order valence-corrected chi connectivity index (χ2v) is 2.61. The van der Waals surface area contributed by atoms with Crippen molar-refractivity contribution in [1.29, 1.82) is 0 Å². The average molecular weight is 190 g/mol. The molecule has 0 bridgehead atoms. The molecule has 0 aliphatic heterocycles. The van der Waals surface area contributed by atoms with Crippen molar-refractivity contribution in [2.45, 2.75) is 0 Å². The van der Waals surface area contributed by atoms with E-state index in [2.05, 4.69) is 10.2 Å². The van der Waals surface area contributed by atoms with Crippen LogP contribution in [-0.4, -0.2) is 21.3 Å². The molecule has 0 saturated heterocycles. The molecule has 0 spiro atoms. The van der Waals surface area contributed by atoms with Crippen molar-refractivity contribution < 1.29 is 14.3 Å². The molecule has 0 saturated carbocycles. The number of carbonyl (C=O) groups is 1. The Kier molecular flexibility index (Phi) is 1.98. The van der Waals surface area contributed by atoms with Gasteiger partial charge in [0.1, 0.15) is 5.69 Å². The van der Waals surface area contributed by atoms with Crippen molar-refractivity contribution in [3.05, 3.63) is 36.2 Å². The molecule has 2 heterocycles. The zero-order valence-electron chi connectivity index (χ0n) is 7.04. The molecular formula is C9H6N2O3. The smallest absolute Gasteiger partial charge is 0.337 e. The fraction of sp³-hybridized carbons (Fsp3) is 0. The van der Waals surface area contributed by atoms with Crippen LogP contribution in [0.5, 0.6) is 0 Å². The SMILES string of the molecule is O=C(O)c1cnnc(-c2ccco2)c1. The number of rotatable bonds is 2. The normalized spacial score (nSPS) is 10.0. The Morgan fingerprint density at radius 1 is 1.50 bits per heavy atom. The first kappa shape index (κ1) is 8.43. The van der Waals surface area contributed by atoms with Gasteiger partial charge in [-0.3, -0.25) is 0 Å². The van der Waals surface area contributed by atoms with Crippen LogP contribution in [0.4, 0.5) is 0 Å². The molecule has 2 rings (SSSR count). The highest BCUT2D eigenvalue weighted by molar-refractivity contribution is 5.88. The third kappa shape index (κ3) is 1.47. The number of aromatic nitrogens is 2. The topological polar surface area (TPSA) is 76.2 Å². The van der Waals surface area contributed by atoms with E-state index in [1.807, 2.05) is 0 Å². The maximum Gasteiger partial charge on any atom is 0.337 e. The number of hydrogen-bond donors (Lipinski definition) is 1. The van der Waals surface area contributed by atoms with E-state index in [0.717, 1.165) is 0 Å². The molecule has 5 heteroatoms. The van der Waals surface area contributed by atoms with Gasteiger partial charge < -0.3 is 9.52 Å². The second kappa shape index (κ2) is 3.29. The number of carboxylic acid groups (broad SMARTS) is 1. The summed E-state index contributed by atoms with van der Waals surface area (Å²) in [5.74, 6) is -0.534. The fourth-order valence-electron chi connectivity index (χ4n) is 1.03. The Labute approximate surface area is 79.0 Å². The predicted octanol–water partition coefficient (Wildman–Crippen LogP) is 1.43. The Bertz CT molecular complexity index is 451. The van der Waals surface area contributed by atoms with Crippen LogP contribution in [0, 0.1) is 0 Å². The molecule has 0 aromatic carbocycles. The summed E-state index contributed by atoms with van der Waals surface area (Å²) in [6.45, 7) is 0. The van der Waals surface area contributed by atoms with E-state index in [1.165, 1.54) is 18.5 Å². The minimum atomic E-state index is -1.03. The number of nitrogens with zero attached hydrogens (tertiary/aromatic N) is 2. The van der Waals surface area contributed by atoms with Crippen LogP contribution >= 0.6 is 0 Å². The molecule has 0 fully saturated rings. The van der Waals surface area contributed by atoms with Crippen molar-refractivity contribution >= 4 is 5.97 Å². The van der Waals surface area contributed by atoms with Crippen molar-refractivity contribution in [2.24, 2.45) is 0 Å². The molecule has 1 N–H and O–H groups in total. The van der Waals surface area contributed by atoms with E-state index in [0.29, 0.717) is 11.5 Å². The third-order valence-corrected chi connectivity index (χ3v) is 1.68. The number of aromatic carboxylic acids is 1. The van der Waals surface area contributed by atoms with Crippen molar-refractivity contribution in [3.63, 3.8) is 0 Å². The lowest BCUT2D eigenvalue weighted by Gasteiger charge is -1.95. The Hall–Kier alpha value is -2.17. The Balaban J connectivity index is 2.46. The van der Waals surface area contributed by atoms with E-state index in [-0.39, 0.29) is 5.56 Å². The molecule has 0 aliphatic rings. The molecule has 70 valence electrons. The summed E-state index contributed by atoms with van der Waals surface area (Å²) in [4.78, 5) is 10.6. The van der Waals surface area contributed by atoms with Gasteiger partial charge in [-0.2, -0.15) is 5.10 Å². The van der Waals surface area contributed by atoms with Crippen molar-refractivity contribution in [2.75, 3.05) is 0 Å². The number of carboxylic acids is 1. The van der Waals surface area contributed by atoms with Gasteiger partial charge in [-0.15, -0.1) is 5.10 Å². The lowest BCUT2D eigenvalue weighted by molar-refractivity contribution is 0.0696. The van der Waals surface area contributed by atoms with Gasteiger partial charge in [0.05, 0.1) is 18.0 Å². The molecule has 0 amide bonds. The van der Waals surface area contributed by atoms with Crippen LogP contribution in [0.25, 0.3) is 11.5 Å². The molecule has 2 aromatic heterocycles. The molecule has 14 heavy (non-hydrogen) atoms. The molecule has 5 nitrogen and oxygen atoms in total. The minimum Gasteiger partial charge on any atom is -0.478 e. The van der Waals surface area contributed by atoms with Gasteiger partial charge in [0.15, 0.2) is 5.76 Å². The van der Waals surface area contributed by atoms with Crippen LogP contribution in [0.3, 0.4) is 0 Å². The van der Waals surface area contributed by atoms with Crippen molar-refractivity contribution in [1.82, 2.24) is 10.2 Å². The summed E-state index contributed by atoms with van der Waals surface area (Å²) in [7, 11) is 0. The van der Waals surface area contributed by atoms with Gasteiger partial charge in [0.25, 0.3) is 0 Å². The Morgan fingerprint density at radius 2 is 2.36 bits per heavy atom. The number of furan rings is 1. The zero-order valence-corrected chi connectivity index (χ0v) is 7.04. The van der Waals surface area contributed by atoms with Gasteiger partial charge >= 0.3 is 5.97 Å². The monoisotopic (exact) mass is 190 g/mol. The molecule has 2 aromatic rings. The van der Waals surface area contributed by atoms with Gasteiger partial charge in [0, 0.05) is 0 Å². The Morgan fingerprint density at radius 3 is 3.00 bits per heavy atom. The van der Waals surface area contributed by atoms with E-state index in [9.17, 15) is 4.79 Å². The largest absolute Gasteiger partial charge is 0.478 e. The van der Waals surface area contributed by atoms with E-state index in [1.54, 1.807) is 12.1 Å². The number of hydrogen-bond acceptors (Lipinski definition) is 4. The highest BCUT2D eigenvalue weighted by Crippen LogP contribution is 2.16. The summed E-state index contributed by atoms with van der Waals surface area (Å²) in [6, 6.07) is 4.80. The van der Waals surface area contributed by atoms with Crippen LogP contribution < -0.4 is 0 Å². The maximum atomic E-state index is 10.6. The molecule has 0 unspecified atom stereocenters. The first-order valence-corrected chi connectivity index (χ1v) is 3.87. The van der Waals surface area contributed by atoms with E-state index < -0.39 is 5.97 Å². The summed E-state index contributed by atoms with van der Waals surface area (Å²) in [6.07, 6.45) is 2.68. The van der Waals surface area contributed by atoms with Crippen LogP contribution in [-0.2, 0) is 0 Å². The fourth-order valence-corrected chi connectivity index (χ4v) is 1.03. The minimum absolute atomic E-state index is 0.0893. The van der Waals surface area contributed by atoms with Gasteiger partial charge in [-0.25, -0.2) is 4.79 Å².